The van der Waals surface area contributed by atoms with Crippen LogP contribution in [0.4, 0.5) is 0 Å². The van der Waals surface area contributed by atoms with Crippen LogP contribution in [0.2, 0.25) is 0 Å². The van der Waals surface area contributed by atoms with E-state index in [9.17, 15) is 0 Å². The second kappa shape index (κ2) is 12.0. The van der Waals surface area contributed by atoms with Crippen molar-refractivity contribution in [3.8, 4) is 0 Å². The first-order valence-corrected chi connectivity index (χ1v) is 8.58. The topological polar surface area (TPSA) is 6.48 Å². The molecule has 0 aromatic rings. The van der Waals surface area contributed by atoms with Crippen LogP contribution in [-0.2, 0) is 0 Å². The Balaban J connectivity index is 0. The molecule has 0 aromatic heterocycles. The van der Waals surface area contributed by atoms with Crippen molar-refractivity contribution in [1.82, 2.24) is 9.80 Å². The molecule has 106 valence electrons. The number of nitrogens with zero attached hydrogens (tertiary/aromatic N) is 2. The Labute approximate surface area is 122 Å². The van der Waals surface area contributed by atoms with Gasteiger partial charge in [-0.05, 0) is 41.0 Å². The average Bonchev–Trinajstić information content (AvgIpc) is 2.22. The van der Waals surface area contributed by atoms with Crippen molar-refractivity contribution >= 4 is 34.0 Å². The summed E-state index contributed by atoms with van der Waals surface area (Å²) in [6, 6.07) is 1.44. The SMILES string of the molecule is CCC(CSSCC(CC)N(C)C)N(C)C.Cl. The standard InChI is InChI=1S/C12H28N2S2.ClH/c1-7-11(13(3)4)9-15-16-10-12(8-2)14(5)6;/h11-12H,7-10H2,1-6H3;1H. The highest BCUT2D eigenvalue weighted by molar-refractivity contribution is 8.76. The van der Waals surface area contributed by atoms with Gasteiger partial charge in [0.25, 0.3) is 0 Å². The van der Waals surface area contributed by atoms with Crippen molar-refractivity contribution in [2.45, 2.75) is 38.8 Å². The van der Waals surface area contributed by atoms with Gasteiger partial charge in [-0.25, -0.2) is 0 Å². The summed E-state index contributed by atoms with van der Waals surface area (Å²) in [5.74, 6) is 2.47. The van der Waals surface area contributed by atoms with E-state index in [1.165, 1.54) is 24.3 Å². The van der Waals surface area contributed by atoms with Crippen molar-refractivity contribution in [3.63, 3.8) is 0 Å². The van der Waals surface area contributed by atoms with E-state index in [2.05, 4.69) is 51.8 Å². The number of halogens is 1. The van der Waals surface area contributed by atoms with E-state index < -0.39 is 0 Å². The summed E-state index contributed by atoms with van der Waals surface area (Å²) in [5, 5.41) is 0. The molecule has 0 saturated carbocycles. The Hall–Kier alpha value is 0.910. The molecule has 17 heavy (non-hydrogen) atoms. The van der Waals surface area contributed by atoms with Gasteiger partial charge in [0.2, 0.25) is 0 Å². The Morgan fingerprint density at radius 3 is 1.24 bits per heavy atom. The third-order valence-electron chi connectivity index (χ3n) is 3.01. The molecule has 0 rings (SSSR count). The second-order valence-corrected chi connectivity index (χ2v) is 7.17. The van der Waals surface area contributed by atoms with Crippen molar-refractivity contribution in [3.05, 3.63) is 0 Å². The third-order valence-corrected chi connectivity index (χ3v) is 5.53. The summed E-state index contributed by atoms with van der Waals surface area (Å²) in [7, 11) is 12.7. The van der Waals surface area contributed by atoms with Crippen molar-refractivity contribution in [2.75, 3.05) is 39.7 Å². The minimum Gasteiger partial charge on any atom is -0.306 e. The molecular formula is C12H29ClN2S2. The first-order valence-electron chi connectivity index (χ1n) is 6.10. The molecule has 0 amide bonds. The molecule has 0 bridgehead atoms. The van der Waals surface area contributed by atoms with E-state index in [1.54, 1.807) is 0 Å². The molecule has 2 nitrogen and oxygen atoms in total. The molecule has 2 unspecified atom stereocenters. The largest absolute Gasteiger partial charge is 0.306 e. The Bertz CT molecular complexity index is 151. The summed E-state index contributed by atoms with van der Waals surface area (Å²) >= 11 is 0. The van der Waals surface area contributed by atoms with Gasteiger partial charge in [-0.2, -0.15) is 0 Å². The fourth-order valence-electron chi connectivity index (χ4n) is 1.52. The van der Waals surface area contributed by atoms with E-state index >= 15 is 0 Å². The van der Waals surface area contributed by atoms with Gasteiger partial charge < -0.3 is 9.80 Å². The van der Waals surface area contributed by atoms with Crippen LogP contribution in [0.3, 0.4) is 0 Å². The van der Waals surface area contributed by atoms with Gasteiger partial charge in [-0.15, -0.1) is 12.4 Å². The first kappa shape index (κ1) is 20.2. The minimum atomic E-state index is 0. The number of hydrogen-bond acceptors (Lipinski definition) is 4. The summed E-state index contributed by atoms with van der Waals surface area (Å²) in [4.78, 5) is 4.66. The lowest BCUT2D eigenvalue weighted by Gasteiger charge is -2.24. The average molecular weight is 301 g/mol. The molecule has 0 aliphatic heterocycles. The van der Waals surface area contributed by atoms with Gasteiger partial charge in [-0.3, -0.25) is 0 Å². The van der Waals surface area contributed by atoms with Gasteiger partial charge >= 0.3 is 0 Å². The van der Waals surface area contributed by atoms with Crippen LogP contribution < -0.4 is 0 Å². The predicted octanol–water partition coefficient (Wildman–Crippen LogP) is 3.47. The lowest BCUT2D eigenvalue weighted by atomic mass is 10.2. The minimum absolute atomic E-state index is 0. The highest BCUT2D eigenvalue weighted by atomic mass is 35.5. The highest BCUT2D eigenvalue weighted by Crippen LogP contribution is 2.26. The van der Waals surface area contributed by atoms with E-state index in [1.807, 2.05) is 21.6 Å². The molecule has 0 fully saturated rings. The van der Waals surface area contributed by atoms with Crippen molar-refractivity contribution in [2.24, 2.45) is 0 Å². The Kier molecular flexibility index (Phi) is 14.2. The fraction of sp³-hybridized carbons (Fsp3) is 1.00. The van der Waals surface area contributed by atoms with Gasteiger partial charge in [-0.1, -0.05) is 35.4 Å². The molecule has 0 saturated heterocycles. The molecule has 5 heteroatoms. The Morgan fingerprint density at radius 2 is 1.06 bits per heavy atom. The summed E-state index contributed by atoms with van der Waals surface area (Å²) in [6.07, 6.45) is 2.48. The highest BCUT2D eigenvalue weighted by Gasteiger charge is 2.11. The fourth-order valence-corrected chi connectivity index (χ4v) is 4.61. The predicted molar refractivity (Wildman–Crippen MR) is 87.7 cm³/mol. The van der Waals surface area contributed by atoms with Crippen LogP contribution in [0.5, 0.6) is 0 Å². The monoisotopic (exact) mass is 300 g/mol. The zero-order chi connectivity index (χ0) is 12.6. The summed E-state index contributed by atoms with van der Waals surface area (Å²) in [5.41, 5.74) is 0. The molecule has 2 atom stereocenters. The lowest BCUT2D eigenvalue weighted by Crippen LogP contribution is -2.30. The molecule has 0 radical (unpaired) electrons. The lowest BCUT2D eigenvalue weighted by molar-refractivity contribution is 0.311. The van der Waals surface area contributed by atoms with Crippen LogP contribution in [0.25, 0.3) is 0 Å². The van der Waals surface area contributed by atoms with Gasteiger partial charge in [0, 0.05) is 23.6 Å². The van der Waals surface area contributed by atoms with E-state index in [0.717, 1.165) is 12.1 Å². The van der Waals surface area contributed by atoms with E-state index in [0.29, 0.717) is 0 Å². The Morgan fingerprint density at radius 1 is 0.765 bits per heavy atom. The first-order chi connectivity index (χ1) is 7.52. The van der Waals surface area contributed by atoms with Crippen LogP contribution in [0.15, 0.2) is 0 Å². The molecule has 0 aliphatic rings. The maximum Gasteiger partial charge on any atom is 0.0193 e. The maximum atomic E-state index is 2.33. The maximum absolute atomic E-state index is 2.33. The smallest absolute Gasteiger partial charge is 0.0193 e. The zero-order valence-corrected chi connectivity index (χ0v) is 14.6. The summed E-state index contributed by atoms with van der Waals surface area (Å²) in [6.45, 7) is 4.54. The second-order valence-electron chi connectivity index (χ2n) is 4.62. The molecular weight excluding hydrogens is 272 g/mol. The van der Waals surface area contributed by atoms with Crippen LogP contribution in [0, 0.1) is 0 Å². The quantitative estimate of drug-likeness (QED) is 0.475. The molecule has 0 N–H and O–H groups in total. The molecule has 0 aromatic carbocycles. The number of rotatable bonds is 9. The van der Waals surface area contributed by atoms with Crippen molar-refractivity contribution in [1.29, 1.82) is 0 Å². The number of hydrogen-bond donors (Lipinski definition) is 0. The van der Waals surface area contributed by atoms with Gasteiger partial charge in [0.1, 0.15) is 0 Å². The third kappa shape index (κ3) is 9.48. The summed E-state index contributed by atoms with van der Waals surface area (Å²) < 4.78 is 0. The molecule has 0 spiro atoms. The van der Waals surface area contributed by atoms with Gasteiger partial charge in [0.15, 0.2) is 0 Å². The van der Waals surface area contributed by atoms with Crippen LogP contribution in [-0.4, -0.2) is 61.6 Å². The van der Waals surface area contributed by atoms with E-state index in [-0.39, 0.29) is 12.4 Å². The molecule has 0 heterocycles. The van der Waals surface area contributed by atoms with Crippen molar-refractivity contribution < 1.29 is 0 Å². The van der Waals surface area contributed by atoms with E-state index in [4.69, 9.17) is 0 Å². The van der Waals surface area contributed by atoms with Crippen LogP contribution in [0.1, 0.15) is 26.7 Å². The van der Waals surface area contributed by atoms with Gasteiger partial charge in [0.05, 0.1) is 0 Å². The molecule has 0 aliphatic carbocycles. The normalized spacial score (nSPS) is 14.8. The van der Waals surface area contributed by atoms with Crippen LogP contribution >= 0.6 is 34.0 Å². The zero-order valence-electron chi connectivity index (χ0n) is 12.1.